The van der Waals surface area contributed by atoms with E-state index in [0.717, 1.165) is 142 Å². The Balaban J connectivity index is 0.000000104. The van der Waals surface area contributed by atoms with Gasteiger partial charge >= 0.3 is 0 Å². The number of fused-ring (bicyclic) bond motifs is 21. The van der Waals surface area contributed by atoms with Crippen LogP contribution in [0, 0.1) is 33.6 Å². The minimum atomic E-state index is 0. The maximum atomic E-state index is 11.2. The summed E-state index contributed by atoms with van der Waals surface area (Å²) in [6, 6.07) is 56.3. The number of aryl methyl sites for hydroxylation is 4. The molecule has 11 aromatic heterocycles. The van der Waals surface area contributed by atoms with E-state index in [9.17, 15) is 9.59 Å². The molecule has 21 rings (SSSR count). The SMILES string of the molecule is C.COc1ccc2c(c1)NC1C(C)CCCC21.COc1ccc2c(c1)[nH]c1c(C)nccc12.COc1ccc2c3c([nH]c2c1)C(C)=NCC3.Cc1[nH]ccc2c1[nH]c1cc(=O)ccc12.Cc1[nH]ccc2c1[nH]c1cc(=O)ccc12.Cc1nccc2c1[nH]c1ccccc12.c1ccc2c(c1)[nH]c1cnccc12. The van der Waals surface area contributed by atoms with Crippen molar-refractivity contribution in [2.24, 2.45) is 10.9 Å². The zero-order valence-corrected chi connectivity index (χ0v) is 60.2. The number of nitrogens with zero attached hydrogens (tertiary/aromatic N) is 4. The molecule has 18 heteroatoms. The second kappa shape index (κ2) is 30.3. The second-order valence-corrected chi connectivity index (χ2v) is 27.1. The summed E-state index contributed by atoms with van der Waals surface area (Å²) in [5.74, 6) is 4.23. The van der Waals surface area contributed by atoms with Crippen LogP contribution < -0.4 is 30.4 Å². The summed E-state index contributed by atoms with van der Waals surface area (Å²) in [5, 5.41) is 16.9. The molecular weight excluding hydrogens is 1320 g/mol. The van der Waals surface area contributed by atoms with Gasteiger partial charge in [-0.25, -0.2) is 0 Å². The summed E-state index contributed by atoms with van der Waals surface area (Å²) >= 11 is 0. The lowest BCUT2D eigenvalue weighted by molar-refractivity contribution is 0.322. The Labute approximate surface area is 612 Å². The lowest BCUT2D eigenvalue weighted by Gasteiger charge is -2.31. The van der Waals surface area contributed by atoms with Crippen molar-refractivity contribution in [3.63, 3.8) is 0 Å². The van der Waals surface area contributed by atoms with Crippen molar-refractivity contribution in [3.05, 3.63) is 267 Å². The molecule has 3 aliphatic rings. The van der Waals surface area contributed by atoms with Gasteiger partial charge in [-0.2, -0.15) is 0 Å². The third-order valence-corrected chi connectivity index (χ3v) is 20.7. The highest BCUT2D eigenvalue weighted by atomic mass is 16.5. The van der Waals surface area contributed by atoms with E-state index in [1.165, 1.54) is 90.5 Å². The smallest absolute Gasteiger partial charge is 0.180 e. The largest absolute Gasteiger partial charge is 0.497 e. The first kappa shape index (κ1) is 70.3. The van der Waals surface area contributed by atoms with Crippen LogP contribution in [0.25, 0.3) is 120 Å². The predicted molar refractivity (Wildman–Crippen MR) is 438 cm³/mol. The van der Waals surface area contributed by atoms with Gasteiger partial charge < -0.3 is 59.4 Å². The Morgan fingerprint density at radius 1 is 0.434 bits per heavy atom. The number of H-pyrrole nitrogens is 8. The summed E-state index contributed by atoms with van der Waals surface area (Å²) in [6.45, 7) is 13.4. The number of methoxy groups -OCH3 is 3. The van der Waals surface area contributed by atoms with Crippen LogP contribution in [0.3, 0.4) is 0 Å². The van der Waals surface area contributed by atoms with Gasteiger partial charge in [0.15, 0.2) is 10.9 Å². The highest BCUT2D eigenvalue weighted by Crippen LogP contribution is 2.47. The third kappa shape index (κ3) is 13.9. The molecule has 0 radical (unpaired) electrons. The molecule has 18 nitrogen and oxygen atoms in total. The van der Waals surface area contributed by atoms with Crippen molar-refractivity contribution in [2.75, 3.05) is 33.2 Å². The number of pyridine rings is 5. The van der Waals surface area contributed by atoms with Crippen molar-refractivity contribution in [3.8, 4) is 17.2 Å². The highest BCUT2D eigenvalue weighted by molar-refractivity contribution is 6.11. The maximum absolute atomic E-state index is 11.2. The lowest BCUT2D eigenvalue weighted by atomic mass is 9.77. The number of hydrogen-bond acceptors (Lipinski definition) is 10. The van der Waals surface area contributed by atoms with E-state index >= 15 is 0 Å². The Morgan fingerprint density at radius 2 is 0.906 bits per heavy atom. The number of nitrogens with one attached hydrogen (secondary N) is 9. The Morgan fingerprint density at radius 3 is 1.51 bits per heavy atom. The molecule has 1 fully saturated rings. The average Bonchev–Trinajstić information content (AvgIpc) is 1.67. The fraction of sp³-hybridized carbons (Fsp3) is 0.205. The van der Waals surface area contributed by atoms with Crippen LogP contribution in [0.15, 0.2) is 222 Å². The molecule has 13 heterocycles. The maximum Gasteiger partial charge on any atom is 0.180 e. The van der Waals surface area contributed by atoms with Gasteiger partial charge in [-0.05, 0) is 168 Å². The first-order valence-electron chi connectivity index (χ1n) is 35.6. The van der Waals surface area contributed by atoms with Gasteiger partial charge in [0.25, 0.3) is 0 Å². The van der Waals surface area contributed by atoms with E-state index in [-0.39, 0.29) is 18.3 Å². The minimum absolute atomic E-state index is 0. The third-order valence-electron chi connectivity index (χ3n) is 20.7. The molecule has 0 amide bonds. The van der Waals surface area contributed by atoms with E-state index in [2.05, 4.69) is 152 Å². The predicted octanol–water partition coefficient (Wildman–Crippen LogP) is 20.0. The van der Waals surface area contributed by atoms with Crippen LogP contribution in [-0.2, 0) is 6.42 Å². The molecule has 9 N–H and O–H groups in total. The van der Waals surface area contributed by atoms with E-state index in [0.29, 0.717) is 6.04 Å². The van der Waals surface area contributed by atoms with Crippen LogP contribution in [0.4, 0.5) is 5.69 Å². The van der Waals surface area contributed by atoms with E-state index in [1.807, 2.05) is 138 Å². The molecule has 534 valence electrons. The van der Waals surface area contributed by atoms with Crippen molar-refractivity contribution in [1.82, 2.24) is 54.8 Å². The van der Waals surface area contributed by atoms with Crippen molar-refractivity contribution >= 4 is 131 Å². The number of benzene rings is 7. The quantitative estimate of drug-likeness (QED) is 0.0815. The van der Waals surface area contributed by atoms with Gasteiger partial charge in [0.1, 0.15) is 17.2 Å². The second-order valence-electron chi connectivity index (χ2n) is 27.1. The van der Waals surface area contributed by atoms with Gasteiger partial charge in [-0.1, -0.05) is 63.2 Å². The molecule has 7 aromatic carbocycles. The van der Waals surface area contributed by atoms with Crippen LogP contribution >= 0.6 is 0 Å². The number of anilines is 1. The number of aromatic nitrogens is 11. The summed E-state index contributed by atoms with van der Waals surface area (Å²) in [6.07, 6.45) is 16.3. The molecule has 2 aliphatic heterocycles. The zero-order chi connectivity index (χ0) is 72.4. The fourth-order valence-electron chi connectivity index (χ4n) is 15.3. The van der Waals surface area contributed by atoms with Crippen LogP contribution in [0.2, 0.25) is 0 Å². The van der Waals surface area contributed by atoms with Crippen molar-refractivity contribution < 1.29 is 14.2 Å². The number of aromatic amines is 8. The monoisotopic (exact) mass is 1410 g/mol. The molecule has 3 atom stereocenters. The Bertz CT molecular complexity index is 6220. The number of para-hydroxylation sites is 2. The summed E-state index contributed by atoms with van der Waals surface area (Å²) < 4.78 is 15.7. The zero-order valence-electron chi connectivity index (χ0n) is 60.2. The van der Waals surface area contributed by atoms with Crippen molar-refractivity contribution in [1.29, 1.82) is 0 Å². The molecule has 106 heavy (non-hydrogen) atoms. The fourth-order valence-corrected chi connectivity index (χ4v) is 15.3. The number of aliphatic imine (C=N–C) groups is 1. The lowest BCUT2D eigenvalue weighted by Crippen LogP contribution is -2.31. The normalized spacial score (nSPS) is 14.7. The molecule has 0 spiro atoms. The standard InChI is InChI=1S/C14H19NO.C13H14N2O.C13H12N2O.2C12H10N2O.C12H10N2.C11H8N2.CH4/c1-9-4-3-5-12-11-7-6-10(16-2)8-13(11)15-14(9)12;2*1-8-13-11(5-6-14-8)10-4-3-9(16-2)7-12(10)15-13;2*1-7-12-10(4-5-13-7)9-3-2-8(15)6-11(9)14-12;1-8-12-10(6-7-13-8)9-4-2-3-5-11(9)14-12;1-2-4-10-8(3-1)9-5-6-12-7-11(9)13-10;/h6-9,12,14-15H,3-5H2,1-2H3;3-4,7,15H,5-6H2,1-2H3;3-7,15H,1-2H3;2*2-6,13-14H,1H3;2-7,14H,1H3;1-7,13H;1H4. The molecule has 3 unspecified atom stereocenters. The number of ether oxygens (including phenoxy) is 3. The molecule has 0 bridgehead atoms. The van der Waals surface area contributed by atoms with E-state index in [4.69, 9.17) is 14.2 Å². The summed E-state index contributed by atoms with van der Waals surface area (Å²) in [7, 11) is 5.10. The molecule has 1 aliphatic carbocycles. The van der Waals surface area contributed by atoms with Gasteiger partial charge in [0.05, 0.1) is 94.5 Å². The first-order valence-corrected chi connectivity index (χ1v) is 35.6. The van der Waals surface area contributed by atoms with Crippen LogP contribution in [0.5, 0.6) is 17.2 Å². The van der Waals surface area contributed by atoms with Crippen LogP contribution in [0.1, 0.15) is 86.1 Å². The summed E-state index contributed by atoms with van der Waals surface area (Å²) in [4.78, 5) is 65.8. The Hall–Kier alpha value is -12.7. The van der Waals surface area contributed by atoms with Crippen molar-refractivity contribution in [2.45, 2.75) is 86.6 Å². The topological polar surface area (TPSA) is 251 Å². The molecular formula is C88H87N13O5. The van der Waals surface area contributed by atoms with E-state index in [1.54, 1.807) is 45.6 Å². The molecule has 18 aromatic rings. The highest BCUT2D eigenvalue weighted by Gasteiger charge is 2.38. The first-order chi connectivity index (χ1) is 51.2. The summed E-state index contributed by atoms with van der Waals surface area (Å²) in [5.41, 5.74) is 22.7. The minimum Gasteiger partial charge on any atom is -0.497 e. The number of hydrogen-bond donors (Lipinski definition) is 9. The Kier molecular flexibility index (Phi) is 20.1. The average molecular weight is 1410 g/mol. The van der Waals surface area contributed by atoms with Gasteiger partial charge in [-0.15, -0.1) is 0 Å². The van der Waals surface area contributed by atoms with Gasteiger partial charge in [0, 0.05) is 173 Å². The van der Waals surface area contributed by atoms with Gasteiger partial charge in [-0.3, -0.25) is 29.5 Å². The van der Waals surface area contributed by atoms with Gasteiger partial charge in [0.2, 0.25) is 0 Å². The van der Waals surface area contributed by atoms with Crippen LogP contribution in [-0.4, -0.2) is 94.5 Å². The molecule has 1 saturated carbocycles. The molecule has 0 saturated heterocycles. The van der Waals surface area contributed by atoms with E-state index < -0.39 is 0 Å². The number of rotatable bonds is 3.